The molecule has 0 aromatic rings. The van der Waals surface area contributed by atoms with Crippen molar-refractivity contribution in [2.45, 2.75) is 63.9 Å². The van der Waals surface area contributed by atoms with Crippen LogP contribution in [0.2, 0.25) is 0 Å². The van der Waals surface area contributed by atoms with Crippen molar-refractivity contribution in [3.63, 3.8) is 0 Å². The van der Waals surface area contributed by atoms with E-state index in [1.807, 2.05) is 0 Å². The molecule has 1 aliphatic carbocycles. The van der Waals surface area contributed by atoms with E-state index in [2.05, 4.69) is 33.8 Å². The zero-order valence-electron chi connectivity index (χ0n) is 13.3. The topological polar surface area (TPSA) is 51.2 Å². The maximum atomic E-state index is 10.2. The fourth-order valence-corrected chi connectivity index (χ4v) is 3.49. The van der Waals surface area contributed by atoms with Crippen LogP contribution in [-0.4, -0.2) is 48.8 Å². The van der Waals surface area contributed by atoms with Crippen molar-refractivity contribution in [2.24, 2.45) is 5.92 Å². The van der Waals surface area contributed by atoms with Crippen molar-refractivity contribution in [2.75, 3.05) is 20.3 Å². The lowest BCUT2D eigenvalue weighted by Crippen LogP contribution is -2.57. The molecule has 116 valence electrons. The van der Waals surface area contributed by atoms with Gasteiger partial charge in [-0.05, 0) is 40.5 Å². The van der Waals surface area contributed by atoms with Crippen molar-refractivity contribution < 1.29 is 19.3 Å². The second-order valence-electron chi connectivity index (χ2n) is 6.83. The fraction of sp³-hybridized carbons (Fsp3) is 0.875. The minimum atomic E-state index is -0.439. The molecule has 4 atom stereocenters. The zero-order chi connectivity index (χ0) is 15.0. The van der Waals surface area contributed by atoms with E-state index in [-0.39, 0.29) is 17.6 Å². The summed E-state index contributed by atoms with van der Waals surface area (Å²) in [5.74, 6) is 0.0503. The molecule has 0 radical (unpaired) electrons. The van der Waals surface area contributed by atoms with Gasteiger partial charge in [-0.1, -0.05) is 11.6 Å². The number of rotatable bonds is 5. The Kier molecular flexibility index (Phi) is 4.59. The van der Waals surface area contributed by atoms with Crippen LogP contribution in [0.1, 0.15) is 40.5 Å². The summed E-state index contributed by atoms with van der Waals surface area (Å²) in [7, 11) is 1.66. The fourth-order valence-electron chi connectivity index (χ4n) is 3.49. The summed E-state index contributed by atoms with van der Waals surface area (Å²) in [5.41, 5.74) is 0.684. The molecule has 2 fully saturated rings. The van der Waals surface area contributed by atoms with Gasteiger partial charge in [-0.25, -0.2) is 0 Å². The van der Waals surface area contributed by atoms with E-state index in [0.29, 0.717) is 6.61 Å². The Hall–Kier alpha value is -0.420. The highest BCUT2D eigenvalue weighted by Crippen LogP contribution is 2.52. The smallest absolute Gasteiger partial charge is 0.0998 e. The molecule has 4 nitrogen and oxygen atoms in total. The van der Waals surface area contributed by atoms with Crippen LogP contribution in [-0.2, 0) is 14.2 Å². The van der Waals surface area contributed by atoms with E-state index < -0.39 is 11.7 Å². The molecule has 0 aromatic heterocycles. The molecule has 0 amide bonds. The molecule has 2 rings (SSSR count). The van der Waals surface area contributed by atoms with E-state index in [9.17, 15) is 5.11 Å². The summed E-state index contributed by atoms with van der Waals surface area (Å²) < 4.78 is 17.4. The van der Waals surface area contributed by atoms with Gasteiger partial charge in [-0.15, -0.1) is 0 Å². The summed E-state index contributed by atoms with van der Waals surface area (Å²) in [6.07, 6.45) is 3.02. The second-order valence-corrected chi connectivity index (χ2v) is 6.83. The van der Waals surface area contributed by atoms with Gasteiger partial charge in [0, 0.05) is 13.0 Å². The lowest BCUT2D eigenvalue weighted by molar-refractivity contribution is -0.172. The first-order valence-electron chi connectivity index (χ1n) is 7.44. The average molecular weight is 284 g/mol. The molecule has 1 saturated carbocycles. The van der Waals surface area contributed by atoms with Gasteiger partial charge in [0.2, 0.25) is 0 Å². The van der Waals surface area contributed by atoms with Crippen LogP contribution in [0, 0.1) is 5.92 Å². The molecule has 1 spiro atoms. The van der Waals surface area contributed by atoms with E-state index in [0.717, 1.165) is 19.4 Å². The monoisotopic (exact) mass is 284 g/mol. The summed E-state index contributed by atoms with van der Waals surface area (Å²) in [5, 5.41) is 10.2. The van der Waals surface area contributed by atoms with Gasteiger partial charge in [0.1, 0.15) is 0 Å². The second kappa shape index (κ2) is 5.76. The molecule has 4 heteroatoms. The molecule has 0 aromatic carbocycles. The Balaban J connectivity index is 2.14. The SMILES string of the molecule is COC1C(O)CC[C@]2(CO2)C1C(C)(C)OCC=C(C)C. The highest BCUT2D eigenvalue weighted by molar-refractivity contribution is 5.12. The van der Waals surface area contributed by atoms with Crippen LogP contribution < -0.4 is 0 Å². The van der Waals surface area contributed by atoms with Crippen molar-refractivity contribution >= 4 is 0 Å². The summed E-state index contributed by atoms with van der Waals surface area (Å²) in [4.78, 5) is 0. The molecular formula is C16H28O4. The molecular weight excluding hydrogens is 256 g/mol. The van der Waals surface area contributed by atoms with E-state index in [1.54, 1.807) is 7.11 Å². The number of ether oxygens (including phenoxy) is 3. The standard InChI is InChI=1S/C16H28O4/c1-11(2)7-9-19-15(3,4)14-13(18-5)12(17)6-8-16(14)10-20-16/h7,12-14,17H,6,8-10H2,1-5H3/t12?,13?,14?,16-/m0/s1. The van der Waals surface area contributed by atoms with Crippen LogP contribution in [0.15, 0.2) is 11.6 Å². The quantitative estimate of drug-likeness (QED) is 0.622. The summed E-state index contributed by atoms with van der Waals surface area (Å²) in [6, 6.07) is 0. The molecule has 1 aliphatic heterocycles. The molecule has 2 aliphatic rings. The third kappa shape index (κ3) is 3.08. The Morgan fingerprint density at radius 1 is 1.45 bits per heavy atom. The Morgan fingerprint density at radius 3 is 2.60 bits per heavy atom. The maximum Gasteiger partial charge on any atom is 0.0998 e. The summed E-state index contributed by atoms with van der Waals surface area (Å²) in [6.45, 7) is 9.59. The summed E-state index contributed by atoms with van der Waals surface area (Å²) >= 11 is 0. The highest BCUT2D eigenvalue weighted by Gasteiger charge is 2.63. The van der Waals surface area contributed by atoms with Crippen LogP contribution in [0.5, 0.6) is 0 Å². The maximum absolute atomic E-state index is 10.2. The Bertz CT molecular complexity index is 367. The first-order chi connectivity index (χ1) is 9.32. The van der Waals surface area contributed by atoms with E-state index in [4.69, 9.17) is 14.2 Å². The number of hydrogen-bond donors (Lipinski definition) is 1. The van der Waals surface area contributed by atoms with Gasteiger partial charge in [-0.2, -0.15) is 0 Å². The number of epoxide rings is 1. The number of allylic oxidation sites excluding steroid dienone is 1. The Morgan fingerprint density at radius 2 is 2.10 bits per heavy atom. The van der Waals surface area contributed by atoms with Crippen molar-refractivity contribution in [1.29, 1.82) is 0 Å². The molecule has 3 unspecified atom stereocenters. The largest absolute Gasteiger partial charge is 0.390 e. The molecule has 0 bridgehead atoms. The van der Waals surface area contributed by atoms with Crippen LogP contribution >= 0.6 is 0 Å². The van der Waals surface area contributed by atoms with E-state index in [1.165, 1.54) is 5.57 Å². The van der Waals surface area contributed by atoms with Gasteiger partial charge < -0.3 is 19.3 Å². The van der Waals surface area contributed by atoms with Crippen molar-refractivity contribution in [1.82, 2.24) is 0 Å². The van der Waals surface area contributed by atoms with Gasteiger partial charge in [0.25, 0.3) is 0 Å². The average Bonchev–Trinajstić information content (AvgIpc) is 3.11. The van der Waals surface area contributed by atoms with Gasteiger partial charge >= 0.3 is 0 Å². The third-order valence-corrected chi connectivity index (χ3v) is 4.62. The normalized spacial score (nSPS) is 37.0. The lowest BCUT2D eigenvalue weighted by Gasteiger charge is -2.46. The molecule has 20 heavy (non-hydrogen) atoms. The Labute approximate surface area is 122 Å². The van der Waals surface area contributed by atoms with Gasteiger partial charge in [-0.3, -0.25) is 0 Å². The van der Waals surface area contributed by atoms with Crippen LogP contribution in [0.3, 0.4) is 0 Å². The number of aliphatic hydroxyl groups excluding tert-OH is 1. The molecule has 1 saturated heterocycles. The van der Waals surface area contributed by atoms with E-state index >= 15 is 0 Å². The first kappa shape index (κ1) is 16.0. The minimum absolute atomic E-state index is 0.0503. The lowest BCUT2D eigenvalue weighted by atomic mass is 9.68. The zero-order valence-corrected chi connectivity index (χ0v) is 13.3. The minimum Gasteiger partial charge on any atom is -0.390 e. The molecule has 1 N–H and O–H groups in total. The van der Waals surface area contributed by atoms with Gasteiger partial charge in [0.05, 0.1) is 36.6 Å². The number of hydrogen-bond acceptors (Lipinski definition) is 4. The number of aliphatic hydroxyl groups is 1. The van der Waals surface area contributed by atoms with Crippen molar-refractivity contribution in [3.8, 4) is 0 Å². The predicted molar refractivity (Wildman–Crippen MR) is 77.7 cm³/mol. The van der Waals surface area contributed by atoms with Gasteiger partial charge in [0.15, 0.2) is 0 Å². The molecule has 1 heterocycles. The van der Waals surface area contributed by atoms with Crippen LogP contribution in [0.4, 0.5) is 0 Å². The van der Waals surface area contributed by atoms with Crippen molar-refractivity contribution in [3.05, 3.63) is 11.6 Å². The van der Waals surface area contributed by atoms with Crippen LogP contribution in [0.25, 0.3) is 0 Å². The first-order valence-corrected chi connectivity index (χ1v) is 7.44. The third-order valence-electron chi connectivity index (χ3n) is 4.62. The number of methoxy groups -OCH3 is 1. The highest BCUT2D eigenvalue weighted by atomic mass is 16.6. The predicted octanol–water partition coefficient (Wildman–Crippen LogP) is 2.30.